The summed E-state index contributed by atoms with van der Waals surface area (Å²) in [5, 5.41) is 4.29. The van der Waals surface area contributed by atoms with Gasteiger partial charge in [0.1, 0.15) is 11.6 Å². The fraction of sp³-hybridized carbons (Fsp3) is 0.389. The molecule has 0 unspecified atom stereocenters. The highest BCUT2D eigenvalue weighted by Gasteiger charge is 2.17. The molecule has 0 fully saturated rings. The lowest BCUT2D eigenvalue weighted by molar-refractivity contribution is -0.142. The number of Topliss-reactive ketones (excluding diaryl/α,β-unsaturated/α-hetero) is 1. The van der Waals surface area contributed by atoms with Gasteiger partial charge >= 0.3 is 5.97 Å². The summed E-state index contributed by atoms with van der Waals surface area (Å²) in [7, 11) is 3.23. The van der Waals surface area contributed by atoms with Gasteiger partial charge in [0.2, 0.25) is 5.78 Å². The van der Waals surface area contributed by atoms with Crippen LogP contribution in [0.15, 0.2) is 18.2 Å². The van der Waals surface area contributed by atoms with Gasteiger partial charge in [0, 0.05) is 19.2 Å². The molecule has 0 saturated carbocycles. The number of hydrogen-bond donors (Lipinski definition) is 0. The fourth-order valence-electron chi connectivity index (χ4n) is 2.60. The average Bonchev–Trinajstić information content (AvgIpc) is 2.83. The summed E-state index contributed by atoms with van der Waals surface area (Å²) in [4.78, 5) is 24.0. The highest BCUT2D eigenvalue weighted by Crippen LogP contribution is 2.20. The first-order valence-electron chi connectivity index (χ1n) is 7.85. The molecule has 6 nitrogen and oxygen atoms in total. The molecule has 0 atom stereocenters. The van der Waals surface area contributed by atoms with Crippen molar-refractivity contribution in [3.63, 3.8) is 0 Å². The van der Waals surface area contributed by atoms with Gasteiger partial charge in [0.05, 0.1) is 18.4 Å². The Hall–Kier alpha value is -2.70. The summed E-state index contributed by atoms with van der Waals surface area (Å²) in [6.07, 6.45) is 0.628. The van der Waals surface area contributed by atoms with Crippen LogP contribution in [0.4, 0.5) is 4.39 Å². The fourth-order valence-corrected chi connectivity index (χ4v) is 2.60. The van der Waals surface area contributed by atoms with Crippen LogP contribution in [0.25, 0.3) is 0 Å². The Balaban J connectivity index is 1.92. The predicted molar refractivity (Wildman–Crippen MR) is 89.2 cm³/mol. The minimum atomic E-state index is -0.557. The number of halogens is 1. The van der Waals surface area contributed by atoms with Crippen molar-refractivity contribution >= 4 is 11.8 Å². The van der Waals surface area contributed by atoms with E-state index in [1.807, 2.05) is 20.9 Å². The lowest BCUT2D eigenvalue weighted by Crippen LogP contribution is -2.15. The van der Waals surface area contributed by atoms with Crippen molar-refractivity contribution in [1.82, 2.24) is 9.78 Å². The molecule has 7 heteroatoms. The van der Waals surface area contributed by atoms with Crippen molar-refractivity contribution in [2.75, 3.05) is 13.7 Å². The van der Waals surface area contributed by atoms with Crippen LogP contribution in [0.2, 0.25) is 0 Å². The number of rotatable bonds is 7. The number of carbonyl (C=O) groups is 2. The van der Waals surface area contributed by atoms with Crippen LogP contribution >= 0.6 is 0 Å². The molecule has 1 heterocycles. The maximum absolute atomic E-state index is 13.3. The van der Waals surface area contributed by atoms with Crippen LogP contribution in [0, 0.1) is 19.7 Å². The SMILES string of the molecule is COc1ccc(F)cc1C(=O)COC(=O)CCc1c(C)nn(C)c1C. The first-order chi connectivity index (χ1) is 11.8. The van der Waals surface area contributed by atoms with Crippen LogP contribution in [0.3, 0.4) is 0 Å². The number of aryl methyl sites for hydroxylation is 2. The zero-order valence-electron chi connectivity index (χ0n) is 14.8. The van der Waals surface area contributed by atoms with E-state index in [-0.39, 0.29) is 17.7 Å². The lowest BCUT2D eigenvalue weighted by atomic mass is 10.1. The van der Waals surface area contributed by atoms with Gasteiger partial charge in [-0.25, -0.2) is 4.39 Å². The molecule has 2 rings (SSSR count). The number of ether oxygens (including phenoxy) is 2. The van der Waals surface area contributed by atoms with Crippen molar-refractivity contribution in [2.24, 2.45) is 7.05 Å². The molecule has 0 radical (unpaired) electrons. The molecule has 0 bridgehead atoms. The summed E-state index contributed by atoms with van der Waals surface area (Å²) in [6, 6.07) is 3.62. The minimum absolute atomic E-state index is 0.0502. The van der Waals surface area contributed by atoms with Crippen LogP contribution in [-0.4, -0.2) is 35.2 Å². The van der Waals surface area contributed by atoms with E-state index in [4.69, 9.17) is 9.47 Å². The largest absolute Gasteiger partial charge is 0.496 e. The first kappa shape index (κ1) is 18.6. The number of ketones is 1. The van der Waals surface area contributed by atoms with Gasteiger partial charge in [-0.1, -0.05) is 0 Å². The third kappa shape index (κ3) is 4.43. The first-order valence-corrected chi connectivity index (χ1v) is 7.85. The standard InChI is InChI=1S/C18H21FN2O4/c1-11-14(12(2)21(3)20-11)6-8-18(23)25-10-16(22)15-9-13(19)5-7-17(15)24-4/h5,7,9H,6,8,10H2,1-4H3. The summed E-state index contributed by atoms with van der Waals surface area (Å²) in [6.45, 7) is 3.36. The summed E-state index contributed by atoms with van der Waals surface area (Å²) in [5.41, 5.74) is 2.91. The van der Waals surface area contributed by atoms with Gasteiger partial charge in [-0.05, 0) is 44.0 Å². The van der Waals surface area contributed by atoms with Crippen molar-refractivity contribution < 1.29 is 23.5 Å². The molecule has 0 spiro atoms. The van der Waals surface area contributed by atoms with Crippen LogP contribution < -0.4 is 4.74 Å². The van der Waals surface area contributed by atoms with E-state index in [0.29, 0.717) is 6.42 Å². The molecule has 0 saturated heterocycles. The summed E-state index contributed by atoms with van der Waals surface area (Å²) < 4.78 is 25.1. The van der Waals surface area contributed by atoms with Crippen LogP contribution in [-0.2, 0) is 23.0 Å². The number of hydrogen-bond acceptors (Lipinski definition) is 5. The molecule has 2 aromatic rings. The Kier molecular flexibility index (Phi) is 5.90. The molecular weight excluding hydrogens is 327 g/mol. The van der Waals surface area contributed by atoms with Gasteiger partial charge in [0.15, 0.2) is 6.61 Å². The monoisotopic (exact) mass is 348 g/mol. The number of benzene rings is 1. The zero-order valence-corrected chi connectivity index (χ0v) is 14.8. The Morgan fingerprint density at radius 2 is 2.00 bits per heavy atom. The second kappa shape index (κ2) is 7.92. The quantitative estimate of drug-likeness (QED) is 0.568. The number of carbonyl (C=O) groups excluding carboxylic acids is 2. The van der Waals surface area contributed by atoms with Crippen LogP contribution in [0.5, 0.6) is 5.75 Å². The van der Waals surface area contributed by atoms with Gasteiger partial charge in [-0.3, -0.25) is 14.3 Å². The number of nitrogens with zero attached hydrogens (tertiary/aromatic N) is 2. The third-order valence-electron chi connectivity index (χ3n) is 4.06. The Labute approximate surface area is 145 Å². The zero-order chi connectivity index (χ0) is 18.6. The second-order valence-electron chi connectivity index (χ2n) is 5.70. The van der Waals surface area contributed by atoms with Crippen molar-refractivity contribution in [3.05, 3.63) is 46.5 Å². The minimum Gasteiger partial charge on any atom is -0.496 e. The predicted octanol–water partition coefficient (Wildman–Crippen LogP) is 2.54. The van der Waals surface area contributed by atoms with E-state index in [1.165, 1.54) is 19.2 Å². The molecule has 134 valence electrons. The van der Waals surface area contributed by atoms with E-state index >= 15 is 0 Å². The molecule has 0 aliphatic carbocycles. The highest BCUT2D eigenvalue weighted by atomic mass is 19.1. The third-order valence-corrected chi connectivity index (χ3v) is 4.06. The van der Waals surface area contributed by atoms with Gasteiger partial charge in [0.25, 0.3) is 0 Å². The van der Waals surface area contributed by atoms with E-state index in [2.05, 4.69) is 5.10 Å². The Bertz CT molecular complexity index is 799. The van der Waals surface area contributed by atoms with Crippen LogP contribution in [0.1, 0.15) is 33.7 Å². The maximum atomic E-state index is 13.3. The second-order valence-corrected chi connectivity index (χ2v) is 5.70. The molecule has 0 aliphatic rings. The maximum Gasteiger partial charge on any atom is 0.306 e. The Morgan fingerprint density at radius 3 is 2.60 bits per heavy atom. The normalized spacial score (nSPS) is 10.6. The topological polar surface area (TPSA) is 70.4 Å². The highest BCUT2D eigenvalue weighted by molar-refractivity contribution is 6.00. The Morgan fingerprint density at radius 1 is 1.28 bits per heavy atom. The molecule has 0 N–H and O–H groups in total. The molecule has 1 aromatic heterocycles. The molecule has 0 aliphatic heterocycles. The van der Waals surface area contributed by atoms with E-state index < -0.39 is 24.2 Å². The van der Waals surface area contributed by atoms with Crippen molar-refractivity contribution in [3.8, 4) is 5.75 Å². The van der Waals surface area contributed by atoms with Gasteiger partial charge in [-0.15, -0.1) is 0 Å². The number of esters is 1. The lowest BCUT2D eigenvalue weighted by Gasteiger charge is -2.08. The van der Waals surface area contributed by atoms with Crippen molar-refractivity contribution in [1.29, 1.82) is 0 Å². The summed E-state index contributed by atoms with van der Waals surface area (Å²) in [5.74, 6) is -1.33. The van der Waals surface area contributed by atoms with Gasteiger partial charge in [-0.2, -0.15) is 5.10 Å². The molecular formula is C18H21FN2O4. The number of methoxy groups -OCH3 is 1. The smallest absolute Gasteiger partial charge is 0.306 e. The number of aromatic nitrogens is 2. The van der Waals surface area contributed by atoms with Gasteiger partial charge < -0.3 is 9.47 Å². The van der Waals surface area contributed by atoms with Crippen molar-refractivity contribution in [2.45, 2.75) is 26.7 Å². The van der Waals surface area contributed by atoms with E-state index in [0.717, 1.165) is 23.0 Å². The molecule has 1 aromatic carbocycles. The average molecular weight is 348 g/mol. The molecule has 25 heavy (non-hydrogen) atoms. The summed E-state index contributed by atoms with van der Waals surface area (Å²) >= 11 is 0. The molecule has 0 amide bonds. The van der Waals surface area contributed by atoms with E-state index in [9.17, 15) is 14.0 Å². The van der Waals surface area contributed by atoms with E-state index in [1.54, 1.807) is 4.68 Å².